The van der Waals surface area contributed by atoms with E-state index in [1.54, 1.807) is 0 Å². The molecule has 7 rings (SSSR count). The highest BCUT2D eigenvalue weighted by molar-refractivity contribution is 6.34. The van der Waals surface area contributed by atoms with Gasteiger partial charge >= 0.3 is 0 Å². The number of rotatable bonds is 0. The van der Waals surface area contributed by atoms with Gasteiger partial charge in [-0.15, -0.1) is 0 Å². The lowest BCUT2D eigenvalue weighted by molar-refractivity contribution is 1.79. The molecule has 0 spiro atoms. The Balaban J connectivity index is 1.80. The zero-order valence-electron chi connectivity index (χ0n) is 15.2. The molecule has 0 heteroatoms. The standard InChI is InChI=1S/C28H16/c1-3-7-21-17(5-1)11-12-23-25-14-13-24-22-8-4-2-6-18(22)15-19-9-10-20(16-26(21)23)28(25)27(19)24/h1-16H. The molecule has 28 heavy (non-hydrogen) atoms. The molecule has 0 bridgehead atoms. The van der Waals surface area contributed by atoms with Gasteiger partial charge in [0, 0.05) is 0 Å². The van der Waals surface area contributed by atoms with Gasteiger partial charge in [-0.2, -0.15) is 0 Å². The van der Waals surface area contributed by atoms with Crippen molar-refractivity contribution < 1.29 is 0 Å². The van der Waals surface area contributed by atoms with Gasteiger partial charge in [0.1, 0.15) is 0 Å². The van der Waals surface area contributed by atoms with Crippen LogP contribution in [0.4, 0.5) is 0 Å². The monoisotopic (exact) mass is 352 g/mol. The third-order valence-electron chi connectivity index (χ3n) is 6.35. The summed E-state index contributed by atoms with van der Waals surface area (Å²) in [4.78, 5) is 0. The van der Waals surface area contributed by atoms with Gasteiger partial charge < -0.3 is 0 Å². The van der Waals surface area contributed by atoms with Crippen molar-refractivity contribution in [2.45, 2.75) is 0 Å². The van der Waals surface area contributed by atoms with Crippen LogP contribution in [0.25, 0.3) is 64.6 Å². The molecule has 0 atom stereocenters. The first-order valence-electron chi connectivity index (χ1n) is 9.79. The molecule has 0 aliphatic carbocycles. The zero-order valence-corrected chi connectivity index (χ0v) is 15.2. The highest BCUT2D eigenvalue weighted by atomic mass is 14.2. The van der Waals surface area contributed by atoms with E-state index in [0.29, 0.717) is 0 Å². The minimum absolute atomic E-state index is 1.30. The highest BCUT2D eigenvalue weighted by Crippen LogP contribution is 2.42. The van der Waals surface area contributed by atoms with Crippen molar-refractivity contribution in [3.8, 4) is 0 Å². The molecule has 0 unspecified atom stereocenters. The van der Waals surface area contributed by atoms with E-state index < -0.39 is 0 Å². The maximum Gasteiger partial charge on any atom is -0.00201 e. The van der Waals surface area contributed by atoms with Gasteiger partial charge in [0.15, 0.2) is 0 Å². The summed E-state index contributed by atoms with van der Waals surface area (Å²) < 4.78 is 0. The summed E-state index contributed by atoms with van der Waals surface area (Å²) in [5, 5.41) is 16.1. The topological polar surface area (TPSA) is 0 Å². The molecule has 0 saturated heterocycles. The lowest BCUT2D eigenvalue weighted by Gasteiger charge is -2.15. The third kappa shape index (κ3) is 1.70. The van der Waals surface area contributed by atoms with E-state index in [4.69, 9.17) is 0 Å². The first-order valence-corrected chi connectivity index (χ1v) is 9.79. The van der Waals surface area contributed by atoms with E-state index in [0.717, 1.165) is 0 Å². The molecule has 0 nitrogen and oxygen atoms in total. The van der Waals surface area contributed by atoms with E-state index >= 15 is 0 Å². The molecule has 0 N–H and O–H groups in total. The van der Waals surface area contributed by atoms with E-state index in [1.165, 1.54) is 64.6 Å². The predicted octanol–water partition coefficient (Wildman–Crippen LogP) is 8.04. The average molecular weight is 352 g/mol. The fraction of sp³-hybridized carbons (Fsp3) is 0. The molecule has 0 saturated carbocycles. The van der Waals surface area contributed by atoms with Gasteiger partial charge in [-0.1, -0.05) is 84.9 Å². The maximum atomic E-state index is 2.38. The summed E-state index contributed by atoms with van der Waals surface area (Å²) in [6.45, 7) is 0. The number of fused-ring (bicyclic) bond motifs is 6. The second-order valence-electron chi connectivity index (χ2n) is 7.78. The van der Waals surface area contributed by atoms with Gasteiger partial charge in [-0.25, -0.2) is 0 Å². The minimum Gasteiger partial charge on any atom is -0.0616 e. The third-order valence-corrected chi connectivity index (χ3v) is 6.35. The summed E-state index contributed by atoms with van der Waals surface area (Å²) in [6, 6.07) is 35.9. The Morgan fingerprint density at radius 2 is 0.821 bits per heavy atom. The van der Waals surface area contributed by atoms with Crippen LogP contribution < -0.4 is 0 Å². The van der Waals surface area contributed by atoms with Crippen molar-refractivity contribution in [1.82, 2.24) is 0 Å². The Hall–Kier alpha value is -3.64. The number of hydrogen-bond donors (Lipinski definition) is 0. The van der Waals surface area contributed by atoms with Gasteiger partial charge in [-0.05, 0) is 76.8 Å². The molecule has 0 fully saturated rings. The van der Waals surface area contributed by atoms with Crippen LogP contribution in [0.2, 0.25) is 0 Å². The lowest BCUT2D eigenvalue weighted by atomic mass is 9.88. The Morgan fingerprint density at radius 1 is 0.286 bits per heavy atom. The molecule has 0 heterocycles. The van der Waals surface area contributed by atoms with Crippen molar-refractivity contribution in [1.29, 1.82) is 0 Å². The van der Waals surface area contributed by atoms with Crippen LogP contribution in [-0.4, -0.2) is 0 Å². The molecular weight excluding hydrogens is 336 g/mol. The summed E-state index contributed by atoms with van der Waals surface area (Å²) in [5.41, 5.74) is 0. The van der Waals surface area contributed by atoms with Gasteiger partial charge in [0.25, 0.3) is 0 Å². The fourth-order valence-electron chi connectivity index (χ4n) is 5.12. The molecule has 0 radical (unpaired) electrons. The lowest BCUT2D eigenvalue weighted by Crippen LogP contribution is -1.88. The van der Waals surface area contributed by atoms with Crippen LogP contribution in [-0.2, 0) is 0 Å². The van der Waals surface area contributed by atoms with Crippen LogP contribution in [0.3, 0.4) is 0 Å². The summed E-state index contributed by atoms with van der Waals surface area (Å²) in [7, 11) is 0. The largest absolute Gasteiger partial charge is 0.0616 e. The predicted molar refractivity (Wildman–Crippen MR) is 123 cm³/mol. The van der Waals surface area contributed by atoms with E-state index in [-0.39, 0.29) is 0 Å². The van der Waals surface area contributed by atoms with Crippen LogP contribution in [0, 0.1) is 0 Å². The van der Waals surface area contributed by atoms with E-state index in [2.05, 4.69) is 97.1 Å². The molecule has 7 aromatic rings. The minimum atomic E-state index is 1.30. The van der Waals surface area contributed by atoms with E-state index in [1.807, 2.05) is 0 Å². The molecular formula is C28H16. The zero-order chi connectivity index (χ0) is 18.2. The SMILES string of the molecule is c1ccc2c(c1)ccc1c2cc2ccc3cc4ccccc4c4ccc1c2c34. The second kappa shape index (κ2) is 4.99. The van der Waals surface area contributed by atoms with Crippen LogP contribution in [0.1, 0.15) is 0 Å². The highest BCUT2D eigenvalue weighted by Gasteiger charge is 2.14. The summed E-state index contributed by atoms with van der Waals surface area (Å²) >= 11 is 0. The quantitative estimate of drug-likeness (QED) is 0.191. The molecule has 0 amide bonds. The number of benzene rings is 7. The molecule has 0 aromatic heterocycles. The molecule has 128 valence electrons. The Kier molecular flexibility index (Phi) is 2.57. The molecule has 0 aliphatic heterocycles. The second-order valence-corrected chi connectivity index (χ2v) is 7.78. The summed E-state index contributed by atoms with van der Waals surface area (Å²) in [5.74, 6) is 0. The van der Waals surface area contributed by atoms with Crippen LogP contribution >= 0.6 is 0 Å². The Labute approximate surface area is 162 Å². The van der Waals surface area contributed by atoms with Crippen molar-refractivity contribution >= 4 is 64.6 Å². The first-order chi connectivity index (χ1) is 13.9. The van der Waals surface area contributed by atoms with Crippen LogP contribution in [0.5, 0.6) is 0 Å². The normalized spacial score (nSPS) is 12.3. The maximum absolute atomic E-state index is 2.38. The van der Waals surface area contributed by atoms with Crippen molar-refractivity contribution in [2.24, 2.45) is 0 Å². The van der Waals surface area contributed by atoms with Gasteiger partial charge in [0.2, 0.25) is 0 Å². The first kappa shape index (κ1) is 14.4. The molecule has 7 aromatic carbocycles. The van der Waals surface area contributed by atoms with Gasteiger partial charge in [0.05, 0.1) is 0 Å². The average Bonchev–Trinajstić information content (AvgIpc) is 2.76. The Morgan fingerprint density at radius 3 is 1.61 bits per heavy atom. The van der Waals surface area contributed by atoms with Crippen molar-refractivity contribution in [3.63, 3.8) is 0 Å². The smallest absolute Gasteiger partial charge is 0.00201 e. The van der Waals surface area contributed by atoms with Crippen molar-refractivity contribution in [3.05, 3.63) is 97.1 Å². The number of hydrogen-bond acceptors (Lipinski definition) is 0. The fourth-order valence-corrected chi connectivity index (χ4v) is 5.12. The Bertz CT molecular complexity index is 1690. The van der Waals surface area contributed by atoms with Crippen LogP contribution in [0.15, 0.2) is 97.1 Å². The van der Waals surface area contributed by atoms with Crippen molar-refractivity contribution in [2.75, 3.05) is 0 Å². The molecule has 0 aliphatic rings. The van der Waals surface area contributed by atoms with Gasteiger partial charge in [-0.3, -0.25) is 0 Å². The summed E-state index contributed by atoms with van der Waals surface area (Å²) in [6.07, 6.45) is 0. The van der Waals surface area contributed by atoms with E-state index in [9.17, 15) is 0 Å².